The second-order valence-corrected chi connectivity index (χ2v) is 7.80. The van der Waals surface area contributed by atoms with E-state index in [-0.39, 0.29) is 5.56 Å². The maximum atomic E-state index is 12.7. The molecule has 4 rings (SSSR count). The summed E-state index contributed by atoms with van der Waals surface area (Å²) in [5.74, 6) is 1.25. The smallest absolute Gasteiger partial charge is 0.291 e. The Bertz CT molecular complexity index is 1280. The van der Waals surface area contributed by atoms with Crippen molar-refractivity contribution in [1.82, 2.24) is 14.6 Å². The van der Waals surface area contributed by atoms with Crippen molar-refractivity contribution in [3.8, 4) is 5.75 Å². The lowest BCUT2D eigenvalue weighted by molar-refractivity contribution is 0.317. The van der Waals surface area contributed by atoms with Crippen molar-refractivity contribution < 1.29 is 4.74 Å². The molecule has 0 saturated heterocycles. The molecule has 2 aromatic heterocycles. The summed E-state index contributed by atoms with van der Waals surface area (Å²) < 4.78 is 7.68. The van der Waals surface area contributed by atoms with Crippen molar-refractivity contribution in [2.75, 3.05) is 6.61 Å². The van der Waals surface area contributed by atoms with E-state index in [4.69, 9.17) is 16.3 Å². The minimum Gasteiger partial charge on any atom is -0.493 e. The van der Waals surface area contributed by atoms with Crippen LogP contribution in [0.4, 0.5) is 0 Å². The first-order valence-electron chi connectivity index (χ1n) is 9.21. The zero-order chi connectivity index (χ0) is 20.2. The van der Waals surface area contributed by atoms with Crippen LogP contribution in [-0.2, 0) is 0 Å². The fourth-order valence-electron chi connectivity index (χ4n) is 2.75. The average Bonchev–Trinajstić information content (AvgIpc) is 3.26. The lowest BCUT2D eigenvalue weighted by Gasteiger charge is -2.07. The number of hydrogen-bond donors (Lipinski definition) is 0. The Hall–Kier alpha value is -2.96. The van der Waals surface area contributed by atoms with Crippen LogP contribution in [0.3, 0.4) is 0 Å². The zero-order valence-electron chi connectivity index (χ0n) is 15.7. The van der Waals surface area contributed by atoms with Crippen LogP contribution in [0.25, 0.3) is 23.2 Å². The summed E-state index contributed by atoms with van der Waals surface area (Å²) in [5, 5.41) is 5.00. The van der Waals surface area contributed by atoms with Crippen LogP contribution < -0.4 is 14.8 Å². The largest absolute Gasteiger partial charge is 0.493 e. The molecule has 0 fully saturated rings. The molecule has 0 saturated carbocycles. The molecule has 2 aromatic carbocycles. The predicted molar refractivity (Wildman–Crippen MR) is 119 cm³/mol. The molecule has 0 spiro atoms. The van der Waals surface area contributed by atoms with Gasteiger partial charge in [-0.25, -0.2) is 0 Å². The van der Waals surface area contributed by atoms with Crippen LogP contribution in [0.5, 0.6) is 5.75 Å². The Morgan fingerprint density at radius 1 is 1.14 bits per heavy atom. The van der Waals surface area contributed by atoms with Gasteiger partial charge in [0.1, 0.15) is 5.75 Å². The van der Waals surface area contributed by atoms with Gasteiger partial charge >= 0.3 is 0 Å². The van der Waals surface area contributed by atoms with E-state index < -0.39 is 0 Å². The van der Waals surface area contributed by atoms with E-state index in [9.17, 15) is 4.79 Å². The zero-order valence-corrected chi connectivity index (χ0v) is 17.3. The summed E-state index contributed by atoms with van der Waals surface area (Å²) in [4.78, 5) is 17.7. The molecule has 0 radical (unpaired) electrons. The number of rotatable bonds is 6. The SMILES string of the molecule is CCCOc1ccccc1C=c1sc2nc(C=Cc3ccc(Cl)cc3)nn2c1=O. The molecular weight excluding hydrogens is 406 g/mol. The topological polar surface area (TPSA) is 56.5 Å². The van der Waals surface area contributed by atoms with E-state index in [1.807, 2.05) is 60.7 Å². The maximum Gasteiger partial charge on any atom is 0.291 e. The number of benzene rings is 2. The first kappa shape index (κ1) is 19.4. The van der Waals surface area contributed by atoms with Gasteiger partial charge in [-0.2, -0.15) is 9.50 Å². The fourth-order valence-corrected chi connectivity index (χ4v) is 3.78. The van der Waals surface area contributed by atoms with E-state index in [2.05, 4.69) is 17.0 Å². The summed E-state index contributed by atoms with van der Waals surface area (Å²) >= 11 is 7.21. The Kier molecular flexibility index (Phi) is 5.74. The molecule has 0 bridgehead atoms. The van der Waals surface area contributed by atoms with Crippen molar-refractivity contribution >= 4 is 46.1 Å². The summed E-state index contributed by atoms with van der Waals surface area (Å²) in [6.07, 6.45) is 6.41. The van der Waals surface area contributed by atoms with Crippen LogP contribution in [0.2, 0.25) is 5.02 Å². The molecule has 2 heterocycles. The molecule has 7 heteroatoms. The maximum absolute atomic E-state index is 12.7. The summed E-state index contributed by atoms with van der Waals surface area (Å²) in [6.45, 7) is 2.69. The van der Waals surface area contributed by atoms with Gasteiger partial charge in [0.2, 0.25) is 4.96 Å². The predicted octanol–water partition coefficient (Wildman–Crippen LogP) is 4.31. The molecule has 29 heavy (non-hydrogen) atoms. The third-order valence-corrected chi connectivity index (χ3v) is 5.37. The van der Waals surface area contributed by atoms with Gasteiger partial charge in [0, 0.05) is 10.6 Å². The number of thiazole rings is 1. The quantitative estimate of drug-likeness (QED) is 0.463. The summed E-state index contributed by atoms with van der Waals surface area (Å²) in [5.41, 5.74) is 1.66. The molecule has 0 N–H and O–H groups in total. The lowest BCUT2D eigenvalue weighted by atomic mass is 10.2. The minimum absolute atomic E-state index is 0.186. The number of ether oxygens (including phenoxy) is 1. The highest BCUT2D eigenvalue weighted by molar-refractivity contribution is 7.15. The third kappa shape index (κ3) is 4.39. The highest BCUT2D eigenvalue weighted by atomic mass is 35.5. The summed E-state index contributed by atoms with van der Waals surface area (Å²) in [7, 11) is 0. The van der Waals surface area contributed by atoms with Gasteiger partial charge in [0.15, 0.2) is 5.82 Å². The molecule has 0 unspecified atom stereocenters. The Morgan fingerprint density at radius 3 is 2.69 bits per heavy atom. The Balaban J connectivity index is 1.65. The standard InChI is InChI=1S/C22H18ClN3O2S/c1-2-13-28-18-6-4-3-5-16(18)14-19-21(27)26-22(29-19)24-20(25-26)12-9-15-7-10-17(23)11-8-15/h3-12,14H,2,13H2,1H3. The number of para-hydroxylation sites is 1. The van der Waals surface area contributed by atoms with Crippen LogP contribution in [0.1, 0.15) is 30.3 Å². The second kappa shape index (κ2) is 8.59. The molecule has 4 aromatic rings. The van der Waals surface area contributed by atoms with Crippen LogP contribution in [0, 0.1) is 0 Å². The molecular formula is C22H18ClN3O2S. The molecule has 0 aliphatic carbocycles. The highest BCUT2D eigenvalue weighted by Crippen LogP contribution is 2.19. The Labute approximate surface area is 176 Å². The first-order chi connectivity index (χ1) is 14.1. The Morgan fingerprint density at radius 2 is 1.93 bits per heavy atom. The van der Waals surface area contributed by atoms with Crippen molar-refractivity contribution in [3.63, 3.8) is 0 Å². The minimum atomic E-state index is -0.186. The second-order valence-electron chi connectivity index (χ2n) is 6.35. The number of hydrogen-bond acceptors (Lipinski definition) is 5. The van der Waals surface area contributed by atoms with Crippen LogP contribution in [0.15, 0.2) is 53.3 Å². The molecule has 5 nitrogen and oxygen atoms in total. The number of halogens is 1. The average molecular weight is 424 g/mol. The van der Waals surface area contributed by atoms with Gasteiger partial charge in [0.25, 0.3) is 5.56 Å². The van der Waals surface area contributed by atoms with E-state index in [0.29, 0.717) is 26.9 Å². The number of fused-ring (bicyclic) bond motifs is 1. The summed E-state index contributed by atoms with van der Waals surface area (Å²) in [6, 6.07) is 15.1. The normalized spacial score (nSPS) is 12.3. The molecule has 146 valence electrons. The van der Waals surface area contributed by atoms with Crippen molar-refractivity contribution in [3.05, 3.63) is 85.4 Å². The van der Waals surface area contributed by atoms with Gasteiger partial charge < -0.3 is 4.74 Å². The molecule has 0 amide bonds. The van der Waals surface area contributed by atoms with Crippen molar-refractivity contribution in [2.45, 2.75) is 13.3 Å². The molecule has 0 aliphatic heterocycles. The van der Waals surface area contributed by atoms with E-state index in [0.717, 1.165) is 23.3 Å². The number of nitrogens with zero attached hydrogens (tertiary/aromatic N) is 3. The van der Waals surface area contributed by atoms with Gasteiger partial charge in [-0.3, -0.25) is 4.79 Å². The van der Waals surface area contributed by atoms with Gasteiger partial charge in [-0.15, -0.1) is 5.10 Å². The third-order valence-electron chi connectivity index (χ3n) is 4.16. The van der Waals surface area contributed by atoms with Crippen molar-refractivity contribution in [2.24, 2.45) is 0 Å². The number of aromatic nitrogens is 3. The van der Waals surface area contributed by atoms with Crippen molar-refractivity contribution in [1.29, 1.82) is 0 Å². The van der Waals surface area contributed by atoms with Gasteiger partial charge in [-0.1, -0.05) is 66.3 Å². The molecule has 0 atom stereocenters. The van der Waals surface area contributed by atoms with Gasteiger partial charge in [-0.05, 0) is 42.3 Å². The monoisotopic (exact) mass is 423 g/mol. The van der Waals surface area contributed by atoms with Crippen LogP contribution in [-0.4, -0.2) is 21.2 Å². The van der Waals surface area contributed by atoms with E-state index in [1.54, 1.807) is 6.08 Å². The molecule has 0 aliphatic rings. The van der Waals surface area contributed by atoms with E-state index >= 15 is 0 Å². The van der Waals surface area contributed by atoms with Gasteiger partial charge in [0.05, 0.1) is 11.1 Å². The van der Waals surface area contributed by atoms with Crippen LogP contribution >= 0.6 is 22.9 Å². The fraction of sp³-hybridized carbons (Fsp3) is 0.136. The highest BCUT2D eigenvalue weighted by Gasteiger charge is 2.10. The lowest BCUT2D eigenvalue weighted by Crippen LogP contribution is -2.23. The van der Waals surface area contributed by atoms with E-state index in [1.165, 1.54) is 15.9 Å². The first-order valence-corrected chi connectivity index (χ1v) is 10.4.